The van der Waals surface area contributed by atoms with Crippen LogP contribution in [0.25, 0.3) is 0 Å². The number of benzene rings is 1. The number of nitrogens with one attached hydrogen (secondary N) is 1. The van der Waals surface area contributed by atoms with Gasteiger partial charge >= 0.3 is 5.97 Å². The molecule has 0 saturated carbocycles. The minimum atomic E-state index is -0.581. The molecule has 0 fully saturated rings. The van der Waals surface area contributed by atoms with Gasteiger partial charge in [0.05, 0.1) is 4.88 Å². The molecule has 1 N–H and O–H groups in total. The Morgan fingerprint density at radius 2 is 1.95 bits per heavy atom. The van der Waals surface area contributed by atoms with Crippen LogP contribution in [0.5, 0.6) is 5.75 Å². The van der Waals surface area contributed by atoms with Crippen molar-refractivity contribution in [1.82, 2.24) is 5.32 Å². The van der Waals surface area contributed by atoms with Gasteiger partial charge in [-0.1, -0.05) is 18.2 Å². The summed E-state index contributed by atoms with van der Waals surface area (Å²) in [7, 11) is 0. The van der Waals surface area contributed by atoms with E-state index in [2.05, 4.69) is 5.32 Å². The second-order valence-electron chi connectivity index (χ2n) is 4.16. The molecule has 0 aliphatic rings. The molecule has 2 aromatic rings. The molecular weight excluding hydrogens is 309 g/mol. The third-order valence-corrected chi connectivity index (χ3v) is 3.45. The van der Waals surface area contributed by atoms with E-state index in [1.807, 2.05) is 0 Å². The molecule has 0 spiro atoms. The fourth-order valence-corrected chi connectivity index (χ4v) is 2.21. The Balaban J connectivity index is 1.62. The van der Waals surface area contributed by atoms with E-state index in [0.29, 0.717) is 4.88 Å². The Morgan fingerprint density at radius 1 is 1.14 bits per heavy atom. The van der Waals surface area contributed by atoms with Crippen LogP contribution in [0.2, 0.25) is 0 Å². The number of amides is 1. The monoisotopic (exact) mass is 323 g/mol. The fraction of sp³-hybridized carbons (Fsp3) is 0.200. The van der Waals surface area contributed by atoms with Crippen molar-refractivity contribution in [1.29, 1.82) is 0 Å². The Kier molecular flexibility index (Phi) is 5.91. The molecule has 1 aromatic heterocycles. The van der Waals surface area contributed by atoms with Gasteiger partial charge in [-0.2, -0.15) is 0 Å². The normalized spacial score (nSPS) is 10.0. The second-order valence-corrected chi connectivity index (χ2v) is 5.11. The molecule has 2 rings (SSSR count). The number of para-hydroxylation sites is 1. The van der Waals surface area contributed by atoms with E-state index in [1.165, 1.54) is 23.5 Å². The third-order valence-electron chi connectivity index (χ3n) is 2.58. The molecule has 1 aromatic carbocycles. The zero-order valence-corrected chi connectivity index (χ0v) is 12.4. The number of rotatable bonds is 7. The van der Waals surface area contributed by atoms with E-state index in [4.69, 9.17) is 9.47 Å². The van der Waals surface area contributed by atoms with Crippen LogP contribution in [0.3, 0.4) is 0 Å². The van der Waals surface area contributed by atoms with Gasteiger partial charge in [-0.05, 0) is 23.6 Å². The molecule has 7 heteroatoms. The number of carbonyl (C=O) groups excluding carboxylic acids is 2. The highest BCUT2D eigenvalue weighted by Crippen LogP contribution is 2.14. The van der Waals surface area contributed by atoms with Gasteiger partial charge in [0.25, 0.3) is 5.91 Å². The average Bonchev–Trinajstić information content (AvgIpc) is 3.05. The van der Waals surface area contributed by atoms with Crippen LogP contribution in [0.4, 0.5) is 4.39 Å². The Labute approximate surface area is 130 Å². The maximum Gasteiger partial charge on any atom is 0.325 e. The van der Waals surface area contributed by atoms with Crippen LogP contribution in [0.15, 0.2) is 41.8 Å². The van der Waals surface area contributed by atoms with Gasteiger partial charge in [-0.25, -0.2) is 4.39 Å². The van der Waals surface area contributed by atoms with Gasteiger partial charge in [0.2, 0.25) is 0 Å². The maximum atomic E-state index is 13.2. The summed E-state index contributed by atoms with van der Waals surface area (Å²) in [5.74, 6) is -1.28. The van der Waals surface area contributed by atoms with Crippen molar-refractivity contribution in [2.45, 2.75) is 0 Å². The molecule has 1 amide bonds. The second kappa shape index (κ2) is 8.14. The van der Waals surface area contributed by atoms with Crippen molar-refractivity contribution in [2.75, 3.05) is 19.8 Å². The van der Waals surface area contributed by atoms with Crippen LogP contribution in [-0.2, 0) is 9.53 Å². The summed E-state index contributed by atoms with van der Waals surface area (Å²) in [5.41, 5.74) is 0. The first-order valence-corrected chi connectivity index (χ1v) is 7.39. The highest BCUT2D eigenvalue weighted by molar-refractivity contribution is 7.12. The van der Waals surface area contributed by atoms with Crippen molar-refractivity contribution in [3.8, 4) is 5.75 Å². The fourth-order valence-electron chi connectivity index (χ4n) is 1.57. The standard InChI is InChI=1S/C15H14FNO4S/c16-11-4-1-2-5-12(11)20-7-8-21-14(18)10-17-15(19)13-6-3-9-22-13/h1-6,9H,7-8,10H2,(H,17,19). The predicted molar refractivity (Wildman–Crippen MR) is 79.5 cm³/mol. The maximum absolute atomic E-state index is 13.2. The summed E-state index contributed by atoms with van der Waals surface area (Å²) in [6.07, 6.45) is 0. The number of hydrogen-bond donors (Lipinski definition) is 1. The first-order valence-electron chi connectivity index (χ1n) is 6.51. The summed E-state index contributed by atoms with van der Waals surface area (Å²) in [6.45, 7) is -0.218. The smallest absolute Gasteiger partial charge is 0.325 e. The van der Waals surface area contributed by atoms with E-state index in [1.54, 1.807) is 29.6 Å². The highest BCUT2D eigenvalue weighted by Gasteiger charge is 2.09. The molecule has 0 atom stereocenters. The van der Waals surface area contributed by atoms with Gasteiger partial charge in [0.1, 0.15) is 19.8 Å². The zero-order valence-electron chi connectivity index (χ0n) is 11.6. The zero-order chi connectivity index (χ0) is 15.8. The lowest BCUT2D eigenvalue weighted by Gasteiger charge is -2.08. The molecule has 0 aliphatic carbocycles. The van der Waals surface area contributed by atoms with E-state index < -0.39 is 11.8 Å². The largest absolute Gasteiger partial charge is 0.487 e. The van der Waals surface area contributed by atoms with E-state index in [9.17, 15) is 14.0 Å². The number of esters is 1. The lowest BCUT2D eigenvalue weighted by Crippen LogP contribution is -2.30. The van der Waals surface area contributed by atoms with Crippen molar-refractivity contribution < 1.29 is 23.5 Å². The minimum absolute atomic E-state index is 0.0258. The summed E-state index contributed by atoms with van der Waals surface area (Å²) in [5, 5.41) is 4.22. The summed E-state index contributed by atoms with van der Waals surface area (Å²) in [6, 6.07) is 9.37. The Bertz CT molecular complexity index is 630. The lowest BCUT2D eigenvalue weighted by molar-refractivity contribution is -0.143. The number of ether oxygens (including phenoxy) is 2. The van der Waals surface area contributed by atoms with Gasteiger partial charge in [-0.3, -0.25) is 9.59 Å². The molecule has 116 valence electrons. The molecule has 0 unspecified atom stereocenters. The van der Waals surface area contributed by atoms with Gasteiger partial charge in [0.15, 0.2) is 11.6 Å². The van der Waals surface area contributed by atoms with Crippen LogP contribution < -0.4 is 10.1 Å². The van der Waals surface area contributed by atoms with E-state index >= 15 is 0 Å². The number of halogens is 1. The average molecular weight is 323 g/mol. The van der Waals surface area contributed by atoms with E-state index in [-0.39, 0.29) is 31.4 Å². The van der Waals surface area contributed by atoms with Crippen molar-refractivity contribution in [3.63, 3.8) is 0 Å². The highest BCUT2D eigenvalue weighted by atomic mass is 32.1. The molecular formula is C15H14FNO4S. The minimum Gasteiger partial charge on any atom is -0.487 e. The molecule has 0 saturated heterocycles. The van der Waals surface area contributed by atoms with Crippen molar-refractivity contribution in [3.05, 3.63) is 52.5 Å². The SMILES string of the molecule is O=C(CNC(=O)c1cccs1)OCCOc1ccccc1F. The molecule has 22 heavy (non-hydrogen) atoms. The summed E-state index contributed by atoms with van der Waals surface area (Å²) < 4.78 is 23.2. The van der Waals surface area contributed by atoms with Crippen LogP contribution >= 0.6 is 11.3 Å². The van der Waals surface area contributed by atoms with Gasteiger partial charge < -0.3 is 14.8 Å². The topological polar surface area (TPSA) is 64.6 Å². The molecule has 0 bridgehead atoms. The van der Waals surface area contributed by atoms with Gasteiger partial charge in [-0.15, -0.1) is 11.3 Å². The Morgan fingerprint density at radius 3 is 2.68 bits per heavy atom. The third kappa shape index (κ3) is 4.85. The predicted octanol–water partition coefficient (Wildman–Crippen LogP) is 2.24. The lowest BCUT2D eigenvalue weighted by atomic mass is 10.3. The van der Waals surface area contributed by atoms with E-state index in [0.717, 1.165) is 0 Å². The van der Waals surface area contributed by atoms with Crippen LogP contribution in [0.1, 0.15) is 9.67 Å². The van der Waals surface area contributed by atoms with Crippen molar-refractivity contribution in [2.24, 2.45) is 0 Å². The molecule has 1 heterocycles. The van der Waals surface area contributed by atoms with Gasteiger partial charge in [0, 0.05) is 0 Å². The first-order chi connectivity index (χ1) is 10.7. The molecule has 0 radical (unpaired) electrons. The molecule has 5 nitrogen and oxygen atoms in total. The van der Waals surface area contributed by atoms with Crippen molar-refractivity contribution >= 4 is 23.2 Å². The summed E-state index contributed by atoms with van der Waals surface area (Å²) in [4.78, 5) is 23.5. The Hall–Kier alpha value is -2.41. The van der Waals surface area contributed by atoms with Crippen LogP contribution in [0, 0.1) is 5.82 Å². The molecule has 0 aliphatic heterocycles. The number of hydrogen-bond acceptors (Lipinski definition) is 5. The quantitative estimate of drug-likeness (QED) is 0.627. The number of carbonyl (C=O) groups is 2. The van der Waals surface area contributed by atoms with Crippen LogP contribution in [-0.4, -0.2) is 31.6 Å². The summed E-state index contributed by atoms with van der Waals surface area (Å²) >= 11 is 1.28. The first kappa shape index (κ1) is 16.0. The number of thiophene rings is 1.